The second-order valence-electron chi connectivity index (χ2n) is 5.37. The molecule has 0 aromatic rings. The second kappa shape index (κ2) is 6.23. The Morgan fingerprint density at radius 2 is 2.11 bits per heavy atom. The largest absolute Gasteiger partial charge is 0.480 e. The van der Waals surface area contributed by atoms with E-state index in [1.165, 1.54) is 0 Å². The Bertz CT molecular complexity index is 344. The zero-order chi connectivity index (χ0) is 13.8. The third kappa shape index (κ3) is 3.83. The number of carboxylic acid groups (broad SMARTS) is 1. The summed E-state index contributed by atoms with van der Waals surface area (Å²) >= 11 is 0. The first-order valence-electron chi connectivity index (χ1n) is 7.03. The average Bonchev–Trinajstić information content (AvgIpc) is 3.10. The van der Waals surface area contributed by atoms with Gasteiger partial charge in [0, 0.05) is 6.61 Å². The molecular formula is C13H22N2O4. The Labute approximate surface area is 112 Å². The summed E-state index contributed by atoms with van der Waals surface area (Å²) in [5, 5.41) is 14.4. The van der Waals surface area contributed by atoms with E-state index in [1.807, 2.05) is 6.92 Å². The lowest BCUT2D eigenvalue weighted by molar-refractivity contribution is -0.139. The summed E-state index contributed by atoms with van der Waals surface area (Å²) in [5.74, 6) is -0.419. The number of ether oxygens (including phenoxy) is 1. The van der Waals surface area contributed by atoms with Crippen LogP contribution in [-0.4, -0.2) is 41.9 Å². The summed E-state index contributed by atoms with van der Waals surface area (Å²) < 4.78 is 5.63. The molecule has 2 amide bonds. The number of rotatable bonds is 6. The Balaban J connectivity index is 1.80. The van der Waals surface area contributed by atoms with Crippen molar-refractivity contribution in [2.45, 2.75) is 57.2 Å². The highest BCUT2D eigenvalue weighted by Crippen LogP contribution is 2.38. The summed E-state index contributed by atoms with van der Waals surface area (Å²) in [4.78, 5) is 22.8. The molecule has 3 unspecified atom stereocenters. The van der Waals surface area contributed by atoms with Crippen molar-refractivity contribution >= 4 is 12.0 Å². The van der Waals surface area contributed by atoms with Crippen LogP contribution in [0.3, 0.4) is 0 Å². The Kier molecular flexibility index (Phi) is 4.63. The van der Waals surface area contributed by atoms with Gasteiger partial charge < -0.3 is 20.5 Å². The van der Waals surface area contributed by atoms with Crippen LogP contribution in [0, 0.1) is 5.92 Å². The third-order valence-corrected chi connectivity index (χ3v) is 3.72. The number of urea groups is 1. The average molecular weight is 270 g/mol. The number of aliphatic carboxylic acids is 1. The molecule has 3 atom stereocenters. The fourth-order valence-electron chi connectivity index (χ4n) is 2.57. The van der Waals surface area contributed by atoms with Crippen LogP contribution in [0.4, 0.5) is 4.79 Å². The van der Waals surface area contributed by atoms with Gasteiger partial charge in [0.25, 0.3) is 0 Å². The van der Waals surface area contributed by atoms with E-state index in [0.29, 0.717) is 25.4 Å². The fourth-order valence-corrected chi connectivity index (χ4v) is 2.57. The fraction of sp³-hybridized carbons (Fsp3) is 0.846. The van der Waals surface area contributed by atoms with E-state index in [9.17, 15) is 9.59 Å². The molecule has 1 aliphatic heterocycles. The van der Waals surface area contributed by atoms with E-state index in [4.69, 9.17) is 9.84 Å². The van der Waals surface area contributed by atoms with Crippen LogP contribution in [-0.2, 0) is 9.53 Å². The Morgan fingerprint density at radius 1 is 1.37 bits per heavy atom. The zero-order valence-electron chi connectivity index (χ0n) is 11.2. The van der Waals surface area contributed by atoms with Gasteiger partial charge in [0.1, 0.15) is 6.04 Å². The van der Waals surface area contributed by atoms with Crippen molar-refractivity contribution in [3.8, 4) is 0 Å². The lowest BCUT2D eigenvalue weighted by Crippen LogP contribution is -2.51. The summed E-state index contributed by atoms with van der Waals surface area (Å²) in [6, 6.07) is -1.20. The standard InChI is InChI=1S/C13H22N2O4/c1-2-3-10(12(16)17)15-13(18)14-9-6-7-19-11(9)8-4-5-8/h8-11H,2-7H2,1H3,(H,16,17)(H2,14,15,18). The van der Waals surface area contributed by atoms with Gasteiger partial charge in [0.05, 0.1) is 12.1 Å². The minimum absolute atomic E-state index is 0.0172. The van der Waals surface area contributed by atoms with Crippen LogP contribution in [0.5, 0.6) is 0 Å². The van der Waals surface area contributed by atoms with E-state index < -0.39 is 18.0 Å². The van der Waals surface area contributed by atoms with E-state index >= 15 is 0 Å². The molecule has 0 aromatic carbocycles. The molecule has 2 aliphatic rings. The van der Waals surface area contributed by atoms with Crippen molar-refractivity contribution in [1.82, 2.24) is 10.6 Å². The van der Waals surface area contributed by atoms with Gasteiger partial charge in [0.15, 0.2) is 0 Å². The summed E-state index contributed by atoms with van der Waals surface area (Å²) in [7, 11) is 0. The maximum Gasteiger partial charge on any atom is 0.326 e. The highest BCUT2D eigenvalue weighted by atomic mass is 16.5. The number of nitrogens with one attached hydrogen (secondary N) is 2. The Hall–Kier alpha value is -1.30. The number of hydrogen-bond acceptors (Lipinski definition) is 3. The van der Waals surface area contributed by atoms with Gasteiger partial charge >= 0.3 is 12.0 Å². The van der Waals surface area contributed by atoms with Crippen LogP contribution >= 0.6 is 0 Å². The van der Waals surface area contributed by atoms with Gasteiger partial charge in [-0.25, -0.2) is 9.59 Å². The molecule has 0 radical (unpaired) electrons. The molecule has 0 spiro atoms. The van der Waals surface area contributed by atoms with Crippen LogP contribution in [0.15, 0.2) is 0 Å². The van der Waals surface area contributed by atoms with E-state index in [2.05, 4.69) is 10.6 Å². The maximum atomic E-state index is 11.8. The van der Waals surface area contributed by atoms with E-state index in [-0.39, 0.29) is 12.1 Å². The molecule has 0 aromatic heterocycles. The molecule has 19 heavy (non-hydrogen) atoms. The second-order valence-corrected chi connectivity index (χ2v) is 5.37. The quantitative estimate of drug-likeness (QED) is 0.674. The smallest absolute Gasteiger partial charge is 0.326 e. The Morgan fingerprint density at radius 3 is 2.68 bits per heavy atom. The molecular weight excluding hydrogens is 248 g/mol. The lowest BCUT2D eigenvalue weighted by Gasteiger charge is -2.21. The zero-order valence-corrected chi connectivity index (χ0v) is 11.2. The van der Waals surface area contributed by atoms with Crippen LogP contribution in [0.1, 0.15) is 39.0 Å². The topological polar surface area (TPSA) is 87.7 Å². The highest BCUT2D eigenvalue weighted by molar-refractivity contribution is 5.82. The SMILES string of the molecule is CCCC(NC(=O)NC1CCOC1C1CC1)C(=O)O. The minimum Gasteiger partial charge on any atom is -0.480 e. The summed E-state index contributed by atoms with van der Waals surface area (Å²) in [6.07, 6.45) is 4.40. The van der Waals surface area contributed by atoms with Gasteiger partial charge in [-0.15, -0.1) is 0 Å². The van der Waals surface area contributed by atoms with Gasteiger partial charge in [-0.3, -0.25) is 0 Å². The first-order valence-corrected chi connectivity index (χ1v) is 7.03. The van der Waals surface area contributed by atoms with Crippen molar-refractivity contribution in [1.29, 1.82) is 0 Å². The normalized spacial score (nSPS) is 27.8. The lowest BCUT2D eigenvalue weighted by atomic mass is 10.1. The highest BCUT2D eigenvalue weighted by Gasteiger charge is 2.41. The van der Waals surface area contributed by atoms with E-state index in [0.717, 1.165) is 19.3 Å². The van der Waals surface area contributed by atoms with Crippen LogP contribution in [0.25, 0.3) is 0 Å². The molecule has 1 saturated carbocycles. The number of carbonyl (C=O) groups is 2. The predicted molar refractivity (Wildman–Crippen MR) is 68.9 cm³/mol. The van der Waals surface area contributed by atoms with Crippen molar-refractivity contribution in [3.05, 3.63) is 0 Å². The molecule has 1 saturated heterocycles. The molecule has 0 bridgehead atoms. The molecule has 2 rings (SSSR count). The van der Waals surface area contributed by atoms with Gasteiger partial charge in [0.2, 0.25) is 0 Å². The van der Waals surface area contributed by atoms with Crippen molar-refractivity contribution in [3.63, 3.8) is 0 Å². The third-order valence-electron chi connectivity index (χ3n) is 3.72. The molecule has 3 N–H and O–H groups in total. The molecule has 1 heterocycles. The number of amides is 2. The van der Waals surface area contributed by atoms with Crippen molar-refractivity contribution in [2.75, 3.05) is 6.61 Å². The first-order chi connectivity index (χ1) is 9.11. The maximum absolute atomic E-state index is 11.8. The molecule has 2 fully saturated rings. The van der Waals surface area contributed by atoms with Gasteiger partial charge in [-0.1, -0.05) is 13.3 Å². The van der Waals surface area contributed by atoms with Crippen LogP contribution in [0.2, 0.25) is 0 Å². The van der Waals surface area contributed by atoms with Crippen molar-refractivity contribution in [2.24, 2.45) is 5.92 Å². The number of hydrogen-bond donors (Lipinski definition) is 3. The number of carboxylic acids is 1. The molecule has 6 nitrogen and oxygen atoms in total. The molecule has 108 valence electrons. The van der Waals surface area contributed by atoms with Crippen molar-refractivity contribution < 1.29 is 19.4 Å². The first kappa shape index (κ1) is 14.1. The monoisotopic (exact) mass is 270 g/mol. The molecule has 1 aliphatic carbocycles. The predicted octanol–water partition coefficient (Wildman–Crippen LogP) is 1.11. The van der Waals surface area contributed by atoms with Gasteiger partial charge in [-0.05, 0) is 31.6 Å². The number of carbonyl (C=O) groups excluding carboxylic acids is 1. The summed E-state index contributed by atoms with van der Waals surface area (Å²) in [5.41, 5.74) is 0. The van der Waals surface area contributed by atoms with Gasteiger partial charge in [-0.2, -0.15) is 0 Å². The van der Waals surface area contributed by atoms with Crippen LogP contribution < -0.4 is 10.6 Å². The minimum atomic E-state index is -0.988. The van der Waals surface area contributed by atoms with E-state index in [1.54, 1.807) is 0 Å². The summed E-state index contributed by atoms with van der Waals surface area (Å²) in [6.45, 7) is 2.56. The molecule has 6 heteroatoms.